The minimum atomic E-state index is -1.03. The number of carbonyl (C=O) groups excluding carboxylic acids is 2. The van der Waals surface area contributed by atoms with Gasteiger partial charge < -0.3 is 20.5 Å². The summed E-state index contributed by atoms with van der Waals surface area (Å²) in [6.07, 6.45) is 2.82. The first-order chi connectivity index (χ1) is 14.0. The van der Waals surface area contributed by atoms with Crippen molar-refractivity contribution in [2.75, 3.05) is 6.54 Å². The molecule has 7 nitrogen and oxygen atoms in total. The number of carboxylic acid groups (broad SMARTS) is 1. The Labute approximate surface area is 178 Å². The standard InChI is InChI=1S/C23H34N2O5/c1-15-5-7-16(8-6-15)13-19(21(27)28)25-20(26)18-11-9-17(10-12-18)14-24-22(29)30-23(2,3)4/h5-8,17-19H,9-14H2,1-4H3,(H,24,29)(H,25,26)(H,27,28)/t17?,18?,19-/m0/s1. The number of carbonyl (C=O) groups is 3. The number of benzene rings is 1. The molecule has 0 unspecified atom stereocenters. The van der Waals surface area contributed by atoms with Gasteiger partial charge in [-0.25, -0.2) is 9.59 Å². The van der Waals surface area contributed by atoms with Gasteiger partial charge in [0, 0.05) is 18.9 Å². The molecule has 166 valence electrons. The van der Waals surface area contributed by atoms with Crippen LogP contribution in [0.3, 0.4) is 0 Å². The summed E-state index contributed by atoms with van der Waals surface area (Å²) in [5.41, 5.74) is 1.46. The van der Waals surface area contributed by atoms with Crippen LogP contribution in [-0.2, 0) is 20.7 Å². The summed E-state index contributed by atoms with van der Waals surface area (Å²) in [6.45, 7) is 7.95. The molecule has 30 heavy (non-hydrogen) atoms. The summed E-state index contributed by atoms with van der Waals surface area (Å²) >= 11 is 0. The quantitative estimate of drug-likeness (QED) is 0.629. The number of rotatable bonds is 7. The van der Waals surface area contributed by atoms with Gasteiger partial charge in [-0.05, 0) is 64.9 Å². The van der Waals surface area contributed by atoms with Crippen LogP contribution in [0.15, 0.2) is 24.3 Å². The number of aryl methyl sites for hydroxylation is 1. The van der Waals surface area contributed by atoms with Crippen LogP contribution in [0.4, 0.5) is 4.79 Å². The van der Waals surface area contributed by atoms with Gasteiger partial charge in [0.25, 0.3) is 0 Å². The molecule has 1 aromatic carbocycles. The van der Waals surface area contributed by atoms with E-state index in [9.17, 15) is 19.5 Å². The molecule has 2 amide bonds. The minimum absolute atomic E-state index is 0.192. The van der Waals surface area contributed by atoms with Crippen LogP contribution in [-0.4, -0.2) is 41.3 Å². The predicted octanol–water partition coefficient (Wildman–Crippen LogP) is 3.44. The van der Waals surface area contributed by atoms with Crippen molar-refractivity contribution in [1.29, 1.82) is 0 Å². The maximum atomic E-state index is 12.6. The predicted molar refractivity (Wildman–Crippen MR) is 114 cm³/mol. The second-order valence-corrected chi connectivity index (χ2v) is 9.19. The Morgan fingerprint density at radius 1 is 1.10 bits per heavy atom. The molecule has 1 aliphatic rings. The highest BCUT2D eigenvalue weighted by Gasteiger charge is 2.30. The number of ether oxygens (including phenoxy) is 1. The highest BCUT2D eigenvalue weighted by atomic mass is 16.6. The number of hydrogen-bond donors (Lipinski definition) is 3. The van der Waals surface area contributed by atoms with Gasteiger partial charge in [-0.1, -0.05) is 29.8 Å². The van der Waals surface area contributed by atoms with Gasteiger partial charge in [0.05, 0.1) is 0 Å². The average molecular weight is 419 g/mol. The van der Waals surface area contributed by atoms with E-state index in [1.807, 2.05) is 52.0 Å². The van der Waals surface area contributed by atoms with Gasteiger partial charge in [-0.2, -0.15) is 0 Å². The molecule has 0 aromatic heterocycles. The second kappa shape index (κ2) is 10.5. The molecule has 3 N–H and O–H groups in total. The number of alkyl carbamates (subject to hydrolysis) is 1. The van der Waals surface area contributed by atoms with E-state index in [2.05, 4.69) is 10.6 Å². The Kier molecular flexibility index (Phi) is 8.26. The van der Waals surface area contributed by atoms with E-state index in [0.29, 0.717) is 25.3 Å². The summed E-state index contributed by atoms with van der Waals surface area (Å²) in [5, 5.41) is 15.0. The smallest absolute Gasteiger partial charge is 0.407 e. The average Bonchev–Trinajstić information content (AvgIpc) is 2.66. The lowest BCUT2D eigenvalue weighted by Crippen LogP contribution is -2.46. The van der Waals surface area contributed by atoms with Crippen LogP contribution in [0.25, 0.3) is 0 Å². The van der Waals surface area contributed by atoms with Gasteiger partial charge in [-0.15, -0.1) is 0 Å². The lowest BCUT2D eigenvalue weighted by atomic mass is 9.81. The molecule has 0 saturated heterocycles. The molecule has 0 heterocycles. The summed E-state index contributed by atoms with van der Waals surface area (Å²) in [7, 11) is 0. The molecule has 0 radical (unpaired) electrons. The molecule has 1 saturated carbocycles. The molecular weight excluding hydrogens is 384 g/mol. The van der Waals surface area contributed by atoms with Crippen LogP contribution < -0.4 is 10.6 Å². The lowest BCUT2D eigenvalue weighted by molar-refractivity contribution is -0.142. The van der Waals surface area contributed by atoms with E-state index in [-0.39, 0.29) is 18.2 Å². The van der Waals surface area contributed by atoms with Crippen molar-refractivity contribution in [3.05, 3.63) is 35.4 Å². The van der Waals surface area contributed by atoms with Crippen molar-refractivity contribution >= 4 is 18.0 Å². The topological polar surface area (TPSA) is 105 Å². The van der Waals surface area contributed by atoms with Gasteiger partial charge in [0.1, 0.15) is 11.6 Å². The van der Waals surface area contributed by atoms with E-state index >= 15 is 0 Å². The third-order valence-electron chi connectivity index (χ3n) is 5.33. The maximum absolute atomic E-state index is 12.6. The normalized spacial score (nSPS) is 20.1. The fraction of sp³-hybridized carbons (Fsp3) is 0.609. The Balaban J connectivity index is 1.78. The fourth-order valence-electron chi connectivity index (χ4n) is 3.62. The monoisotopic (exact) mass is 418 g/mol. The number of nitrogens with one attached hydrogen (secondary N) is 2. The third-order valence-corrected chi connectivity index (χ3v) is 5.33. The van der Waals surface area contributed by atoms with E-state index in [1.165, 1.54) is 0 Å². The van der Waals surface area contributed by atoms with Crippen LogP contribution >= 0.6 is 0 Å². The van der Waals surface area contributed by atoms with Crippen molar-refractivity contribution in [3.8, 4) is 0 Å². The molecule has 1 fully saturated rings. The highest BCUT2D eigenvalue weighted by Crippen LogP contribution is 2.28. The van der Waals surface area contributed by atoms with Crippen molar-refractivity contribution < 1.29 is 24.2 Å². The van der Waals surface area contributed by atoms with Crippen LogP contribution in [0.5, 0.6) is 0 Å². The number of carboxylic acids is 1. The minimum Gasteiger partial charge on any atom is -0.480 e. The van der Waals surface area contributed by atoms with Crippen LogP contribution in [0.2, 0.25) is 0 Å². The first-order valence-corrected chi connectivity index (χ1v) is 10.6. The Hall–Kier alpha value is -2.57. The van der Waals surface area contributed by atoms with Crippen LogP contribution in [0, 0.1) is 18.8 Å². The molecule has 0 aliphatic heterocycles. The first kappa shape index (κ1) is 23.7. The van der Waals surface area contributed by atoms with Crippen molar-refractivity contribution in [1.82, 2.24) is 10.6 Å². The van der Waals surface area contributed by atoms with Crippen LogP contribution in [0.1, 0.15) is 57.6 Å². The number of amides is 2. The second-order valence-electron chi connectivity index (χ2n) is 9.19. The van der Waals surface area contributed by atoms with Gasteiger partial charge >= 0.3 is 12.1 Å². The zero-order chi connectivity index (χ0) is 22.3. The Morgan fingerprint density at radius 3 is 2.23 bits per heavy atom. The molecule has 0 bridgehead atoms. The molecule has 1 atom stereocenters. The zero-order valence-corrected chi connectivity index (χ0v) is 18.4. The largest absolute Gasteiger partial charge is 0.480 e. The molecule has 1 aliphatic carbocycles. The maximum Gasteiger partial charge on any atom is 0.407 e. The molecule has 1 aromatic rings. The summed E-state index contributed by atoms with van der Waals surface area (Å²) in [6, 6.07) is 6.71. The van der Waals surface area contributed by atoms with Gasteiger partial charge in [0.15, 0.2) is 0 Å². The molecular formula is C23H34N2O5. The van der Waals surface area contributed by atoms with E-state index < -0.39 is 23.7 Å². The summed E-state index contributed by atoms with van der Waals surface area (Å²) < 4.78 is 5.24. The van der Waals surface area contributed by atoms with E-state index in [4.69, 9.17) is 4.74 Å². The van der Waals surface area contributed by atoms with Crippen molar-refractivity contribution in [2.45, 2.75) is 71.4 Å². The number of hydrogen-bond acceptors (Lipinski definition) is 4. The highest BCUT2D eigenvalue weighted by molar-refractivity contribution is 5.85. The fourth-order valence-corrected chi connectivity index (χ4v) is 3.62. The molecule has 7 heteroatoms. The third kappa shape index (κ3) is 8.05. The van der Waals surface area contributed by atoms with Crippen molar-refractivity contribution in [2.24, 2.45) is 11.8 Å². The zero-order valence-electron chi connectivity index (χ0n) is 18.4. The summed E-state index contributed by atoms with van der Waals surface area (Å²) in [4.78, 5) is 36.0. The van der Waals surface area contributed by atoms with Gasteiger partial charge in [0.2, 0.25) is 5.91 Å². The Morgan fingerprint density at radius 2 is 1.70 bits per heavy atom. The van der Waals surface area contributed by atoms with E-state index in [0.717, 1.165) is 24.0 Å². The first-order valence-electron chi connectivity index (χ1n) is 10.6. The SMILES string of the molecule is Cc1ccc(C[C@H](NC(=O)C2CCC(CNC(=O)OC(C)(C)C)CC2)C(=O)O)cc1. The number of aliphatic carboxylic acids is 1. The molecule has 2 rings (SSSR count). The van der Waals surface area contributed by atoms with Crippen molar-refractivity contribution in [3.63, 3.8) is 0 Å². The molecule has 0 spiro atoms. The van der Waals surface area contributed by atoms with E-state index in [1.54, 1.807) is 0 Å². The Bertz CT molecular complexity index is 731. The summed E-state index contributed by atoms with van der Waals surface area (Å²) in [5.74, 6) is -1.13. The van der Waals surface area contributed by atoms with Gasteiger partial charge in [-0.3, -0.25) is 4.79 Å². The lowest BCUT2D eigenvalue weighted by Gasteiger charge is -2.29.